The lowest BCUT2D eigenvalue weighted by atomic mass is 10.0. The molecular weight excluding hydrogens is 168 g/mol. The number of urea groups is 1. The van der Waals surface area contributed by atoms with E-state index < -0.39 is 0 Å². The average Bonchev–Trinajstić information content (AvgIpc) is 2.09. The van der Waals surface area contributed by atoms with Crippen molar-refractivity contribution in [1.29, 1.82) is 0 Å². The molecule has 0 bridgehead atoms. The standard InChI is InChI=1S/C9H18N2O2/c1-7(2)8(6-12)11-5-3-4-10-9(11)13/h7-8,12H,3-6H2,1-2H3,(H,10,13). The molecule has 4 nitrogen and oxygen atoms in total. The molecule has 0 saturated carbocycles. The van der Waals surface area contributed by atoms with E-state index in [1.54, 1.807) is 4.90 Å². The highest BCUT2D eigenvalue weighted by molar-refractivity contribution is 5.75. The summed E-state index contributed by atoms with van der Waals surface area (Å²) in [5.74, 6) is 0.300. The highest BCUT2D eigenvalue weighted by Gasteiger charge is 2.27. The van der Waals surface area contributed by atoms with Crippen LogP contribution in [0, 0.1) is 5.92 Å². The van der Waals surface area contributed by atoms with Gasteiger partial charge in [-0.2, -0.15) is 0 Å². The van der Waals surface area contributed by atoms with Gasteiger partial charge in [0.05, 0.1) is 12.6 Å². The van der Waals surface area contributed by atoms with Gasteiger partial charge in [0.2, 0.25) is 0 Å². The van der Waals surface area contributed by atoms with Gasteiger partial charge in [0.15, 0.2) is 0 Å². The number of aliphatic hydroxyl groups excluding tert-OH is 1. The second kappa shape index (κ2) is 4.46. The Morgan fingerprint density at radius 2 is 2.31 bits per heavy atom. The van der Waals surface area contributed by atoms with Crippen LogP contribution in [0.5, 0.6) is 0 Å². The smallest absolute Gasteiger partial charge is 0.317 e. The topological polar surface area (TPSA) is 52.6 Å². The maximum atomic E-state index is 11.4. The number of amides is 2. The molecule has 0 radical (unpaired) electrons. The van der Waals surface area contributed by atoms with Crippen molar-refractivity contribution in [2.45, 2.75) is 26.3 Å². The Kier molecular flexibility index (Phi) is 3.54. The summed E-state index contributed by atoms with van der Waals surface area (Å²) >= 11 is 0. The van der Waals surface area contributed by atoms with Crippen LogP contribution in [0.25, 0.3) is 0 Å². The second-order valence-electron chi connectivity index (χ2n) is 3.77. The fourth-order valence-electron chi connectivity index (χ4n) is 1.63. The molecule has 1 atom stereocenters. The summed E-state index contributed by atoms with van der Waals surface area (Å²) in [7, 11) is 0. The minimum absolute atomic E-state index is 0.0414. The monoisotopic (exact) mass is 186 g/mol. The molecule has 13 heavy (non-hydrogen) atoms. The van der Waals surface area contributed by atoms with E-state index in [2.05, 4.69) is 5.32 Å². The van der Waals surface area contributed by atoms with Gasteiger partial charge in [-0.25, -0.2) is 4.79 Å². The fourth-order valence-corrected chi connectivity index (χ4v) is 1.63. The van der Waals surface area contributed by atoms with Crippen molar-refractivity contribution in [2.75, 3.05) is 19.7 Å². The van der Waals surface area contributed by atoms with Gasteiger partial charge < -0.3 is 15.3 Å². The van der Waals surface area contributed by atoms with E-state index in [0.29, 0.717) is 5.92 Å². The first-order chi connectivity index (χ1) is 6.16. The minimum Gasteiger partial charge on any atom is -0.394 e. The van der Waals surface area contributed by atoms with E-state index in [1.807, 2.05) is 13.8 Å². The van der Waals surface area contributed by atoms with Crippen molar-refractivity contribution in [1.82, 2.24) is 10.2 Å². The number of carbonyl (C=O) groups is 1. The van der Waals surface area contributed by atoms with E-state index in [1.165, 1.54) is 0 Å². The number of nitrogens with one attached hydrogen (secondary N) is 1. The van der Waals surface area contributed by atoms with Crippen LogP contribution in [0.1, 0.15) is 20.3 Å². The molecule has 1 heterocycles. The largest absolute Gasteiger partial charge is 0.394 e. The molecule has 1 unspecified atom stereocenters. The molecule has 2 N–H and O–H groups in total. The molecule has 1 saturated heterocycles. The maximum Gasteiger partial charge on any atom is 0.317 e. The van der Waals surface area contributed by atoms with Gasteiger partial charge in [-0.1, -0.05) is 13.8 Å². The molecule has 0 aromatic carbocycles. The fraction of sp³-hybridized carbons (Fsp3) is 0.889. The van der Waals surface area contributed by atoms with Crippen molar-refractivity contribution in [3.8, 4) is 0 Å². The lowest BCUT2D eigenvalue weighted by molar-refractivity contribution is 0.0985. The molecule has 0 aromatic heterocycles. The number of nitrogens with zero attached hydrogens (tertiary/aromatic N) is 1. The van der Waals surface area contributed by atoms with Gasteiger partial charge in [-0.05, 0) is 12.3 Å². The van der Waals surface area contributed by atoms with Gasteiger partial charge in [0.1, 0.15) is 0 Å². The molecule has 2 amide bonds. The molecule has 1 aliphatic heterocycles. The van der Waals surface area contributed by atoms with E-state index in [9.17, 15) is 4.79 Å². The summed E-state index contributed by atoms with van der Waals surface area (Å²) < 4.78 is 0. The highest BCUT2D eigenvalue weighted by Crippen LogP contribution is 2.12. The quantitative estimate of drug-likeness (QED) is 0.671. The molecule has 0 aliphatic carbocycles. The van der Waals surface area contributed by atoms with Gasteiger partial charge in [0.25, 0.3) is 0 Å². The molecule has 1 fully saturated rings. The van der Waals surface area contributed by atoms with Crippen LogP contribution in [0.2, 0.25) is 0 Å². The zero-order valence-electron chi connectivity index (χ0n) is 8.29. The lowest BCUT2D eigenvalue weighted by Gasteiger charge is -2.36. The van der Waals surface area contributed by atoms with Crippen molar-refractivity contribution >= 4 is 6.03 Å². The van der Waals surface area contributed by atoms with Crippen LogP contribution in [0.15, 0.2) is 0 Å². The van der Waals surface area contributed by atoms with Crippen molar-refractivity contribution in [3.05, 3.63) is 0 Å². The zero-order valence-corrected chi connectivity index (χ0v) is 8.29. The van der Waals surface area contributed by atoms with Gasteiger partial charge in [-0.3, -0.25) is 0 Å². The second-order valence-corrected chi connectivity index (χ2v) is 3.77. The predicted octanol–water partition coefficient (Wildman–Crippen LogP) is 0.419. The summed E-state index contributed by atoms with van der Waals surface area (Å²) in [5.41, 5.74) is 0. The molecule has 0 spiro atoms. The van der Waals surface area contributed by atoms with E-state index in [-0.39, 0.29) is 18.7 Å². The minimum atomic E-state index is -0.0426. The number of rotatable bonds is 3. The molecule has 4 heteroatoms. The summed E-state index contributed by atoms with van der Waals surface area (Å²) in [5, 5.41) is 11.9. The molecule has 1 aliphatic rings. The summed E-state index contributed by atoms with van der Waals surface area (Å²) in [4.78, 5) is 13.1. The average molecular weight is 186 g/mol. The third-order valence-electron chi connectivity index (χ3n) is 2.47. The third-order valence-corrected chi connectivity index (χ3v) is 2.47. The van der Waals surface area contributed by atoms with Crippen molar-refractivity contribution in [2.24, 2.45) is 5.92 Å². The first kappa shape index (κ1) is 10.3. The highest BCUT2D eigenvalue weighted by atomic mass is 16.3. The molecule has 1 rings (SSSR count). The van der Waals surface area contributed by atoms with Crippen molar-refractivity contribution in [3.63, 3.8) is 0 Å². The normalized spacial score (nSPS) is 20.3. The Labute approximate surface area is 78.9 Å². The Hall–Kier alpha value is -0.770. The predicted molar refractivity (Wildman–Crippen MR) is 50.4 cm³/mol. The number of hydrogen-bond donors (Lipinski definition) is 2. The number of carbonyl (C=O) groups excluding carboxylic acids is 1. The van der Waals surface area contributed by atoms with Gasteiger partial charge in [-0.15, -0.1) is 0 Å². The van der Waals surface area contributed by atoms with Crippen LogP contribution in [0.4, 0.5) is 4.79 Å². The third kappa shape index (κ3) is 2.34. The van der Waals surface area contributed by atoms with Crippen molar-refractivity contribution < 1.29 is 9.90 Å². The number of hydrogen-bond acceptors (Lipinski definition) is 2. The molecule has 76 valence electrons. The van der Waals surface area contributed by atoms with Crippen LogP contribution in [-0.2, 0) is 0 Å². The first-order valence-electron chi connectivity index (χ1n) is 4.82. The zero-order chi connectivity index (χ0) is 9.84. The first-order valence-corrected chi connectivity index (χ1v) is 4.82. The van der Waals surface area contributed by atoms with E-state index in [4.69, 9.17) is 5.11 Å². The van der Waals surface area contributed by atoms with Crippen LogP contribution in [-0.4, -0.2) is 41.8 Å². The summed E-state index contributed by atoms with van der Waals surface area (Å²) in [6.45, 7) is 5.59. The van der Waals surface area contributed by atoms with E-state index >= 15 is 0 Å². The Balaban J connectivity index is 2.60. The van der Waals surface area contributed by atoms with E-state index in [0.717, 1.165) is 19.5 Å². The Morgan fingerprint density at radius 3 is 2.77 bits per heavy atom. The Bertz CT molecular complexity index is 182. The van der Waals surface area contributed by atoms with Gasteiger partial charge in [0, 0.05) is 13.1 Å². The summed E-state index contributed by atoms with van der Waals surface area (Å²) in [6, 6.07) is -0.0840. The molecular formula is C9H18N2O2. The summed E-state index contributed by atoms with van der Waals surface area (Å²) in [6.07, 6.45) is 0.967. The molecule has 0 aromatic rings. The lowest BCUT2D eigenvalue weighted by Crippen LogP contribution is -2.54. The number of aliphatic hydroxyl groups is 1. The van der Waals surface area contributed by atoms with Crippen LogP contribution in [0.3, 0.4) is 0 Å². The Morgan fingerprint density at radius 1 is 1.62 bits per heavy atom. The SMILES string of the molecule is CC(C)C(CO)N1CCCNC1=O. The maximum absolute atomic E-state index is 11.4. The van der Waals surface area contributed by atoms with Crippen LogP contribution < -0.4 is 5.32 Å². The van der Waals surface area contributed by atoms with Gasteiger partial charge >= 0.3 is 6.03 Å². The van der Waals surface area contributed by atoms with Crippen LogP contribution >= 0.6 is 0 Å².